The zero-order chi connectivity index (χ0) is 17.8. The van der Waals surface area contributed by atoms with Crippen molar-refractivity contribution in [2.45, 2.75) is 39.5 Å². The van der Waals surface area contributed by atoms with E-state index in [2.05, 4.69) is 34.0 Å². The highest BCUT2D eigenvalue weighted by molar-refractivity contribution is 6.30. The van der Waals surface area contributed by atoms with Crippen LogP contribution in [0.3, 0.4) is 0 Å². The maximum absolute atomic E-state index is 10.6. The van der Waals surface area contributed by atoms with Crippen LogP contribution >= 0.6 is 11.6 Å². The average Bonchev–Trinajstić information content (AvgIpc) is 3.19. The predicted octanol–water partition coefficient (Wildman–Crippen LogP) is 2.70. The molecule has 2 aromatic heterocycles. The van der Waals surface area contributed by atoms with Crippen LogP contribution in [-0.4, -0.2) is 34.6 Å². The van der Waals surface area contributed by atoms with Crippen LogP contribution < -0.4 is 0 Å². The third-order valence-electron chi connectivity index (χ3n) is 3.75. The summed E-state index contributed by atoms with van der Waals surface area (Å²) in [5.41, 5.74) is 1.04. The second-order valence-corrected chi connectivity index (χ2v) is 6.85. The van der Waals surface area contributed by atoms with Crippen molar-refractivity contribution in [1.29, 1.82) is 0 Å². The van der Waals surface area contributed by atoms with Gasteiger partial charge in [0.1, 0.15) is 25.3 Å². The van der Waals surface area contributed by atoms with E-state index in [4.69, 9.17) is 11.6 Å². The molecule has 0 aliphatic rings. The molecule has 0 amide bonds. The third kappa shape index (κ3) is 4.64. The Kier molecular flexibility index (Phi) is 5.45. The topological polar surface area (TPSA) is 81.7 Å². The van der Waals surface area contributed by atoms with Gasteiger partial charge in [-0.05, 0) is 30.0 Å². The highest BCUT2D eigenvalue weighted by atomic mass is 35.5. The molecule has 3 rings (SSSR count). The van der Waals surface area contributed by atoms with E-state index in [1.807, 2.05) is 24.3 Å². The highest BCUT2D eigenvalue weighted by Gasteiger charge is 2.19. The molecule has 2 heterocycles. The zero-order valence-corrected chi connectivity index (χ0v) is 15.0. The Bertz CT molecular complexity index is 797. The number of halogens is 1. The van der Waals surface area contributed by atoms with Crippen LogP contribution in [0.15, 0.2) is 36.9 Å². The molecule has 0 aliphatic carbocycles. The quantitative estimate of drug-likeness (QED) is 0.700. The molecular formula is C17H21ClN6O. The van der Waals surface area contributed by atoms with Crippen molar-refractivity contribution in [3.8, 4) is 0 Å². The number of rotatable bonds is 7. The summed E-state index contributed by atoms with van der Waals surface area (Å²) in [6, 6.07) is 7.57. The Balaban J connectivity index is 1.87. The summed E-state index contributed by atoms with van der Waals surface area (Å²) in [6.07, 6.45) is 3.05. The summed E-state index contributed by atoms with van der Waals surface area (Å²) in [5, 5.41) is 19.9. The minimum atomic E-state index is -0.663. The standard InChI is InChI=1S/C17H21ClN6O/c1-12(2)7-15(25)17-21-16(9-23-11-19-10-20-23)22-24(17)8-13-3-5-14(18)6-4-13/h3-6,10-12,15,25H,7-9H2,1-2H3. The van der Waals surface area contributed by atoms with Gasteiger partial charge in [0.25, 0.3) is 0 Å². The maximum Gasteiger partial charge on any atom is 0.172 e. The molecular weight excluding hydrogens is 340 g/mol. The third-order valence-corrected chi connectivity index (χ3v) is 4.00. The summed E-state index contributed by atoms with van der Waals surface area (Å²) < 4.78 is 3.41. The SMILES string of the molecule is CC(C)CC(O)c1nc(Cn2cncn2)nn1Cc1ccc(Cl)cc1. The van der Waals surface area contributed by atoms with Crippen LogP contribution in [0, 0.1) is 5.92 Å². The molecule has 1 N–H and O–H groups in total. The van der Waals surface area contributed by atoms with Gasteiger partial charge in [-0.3, -0.25) is 0 Å². The van der Waals surface area contributed by atoms with Gasteiger partial charge in [-0.25, -0.2) is 19.3 Å². The van der Waals surface area contributed by atoms with E-state index in [9.17, 15) is 5.11 Å². The molecule has 0 radical (unpaired) electrons. The fourth-order valence-electron chi connectivity index (χ4n) is 2.61. The first-order valence-corrected chi connectivity index (χ1v) is 8.57. The van der Waals surface area contributed by atoms with Crippen LogP contribution in [-0.2, 0) is 13.1 Å². The molecule has 8 heteroatoms. The number of aliphatic hydroxyl groups is 1. The first-order valence-electron chi connectivity index (χ1n) is 8.20. The maximum atomic E-state index is 10.6. The first kappa shape index (κ1) is 17.6. The molecule has 1 unspecified atom stereocenters. The van der Waals surface area contributed by atoms with Crippen molar-refractivity contribution in [1.82, 2.24) is 29.5 Å². The van der Waals surface area contributed by atoms with Crippen molar-refractivity contribution < 1.29 is 5.11 Å². The largest absolute Gasteiger partial charge is 0.385 e. The van der Waals surface area contributed by atoms with E-state index < -0.39 is 6.10 Å². The van der Waals surface area contributed by atoms with Crippen molar-refractivity contribution in [3.05, 3.63) is 59.2 Å². The summed E-state index contributed by atoms with van der Waals surface area (Å²) in [5.74, 6) is 1.52. The number of aromatic nitrogens is 6. The van der Waals surface area contributed by atoms with E-state index >= 15 is 0 Å². The van der Waals surface area contributed by atoms with Gasteiger partial charge in [-0.2, -0.15) is 10.2 Å². The van der Waals surface area contributed by atoms with Gasteiger partial charge in [0.2, 0.25) is 0 Å². The Hall–Kier alpha value is -2.25. The molecule has 0 aliphatic heterocycles. The Morgan fingerprint density at radius 3 is 2.56 bits per heavy atom. The lowest BCUT2D eigenvalue weighted by atomic mass is 10.1. The van der Waals surface area contributed by atoms with E-state index in [0.29, 0.717) is 42.1 Å². The lowest BCUT2D eigenvalue weighted by Crippen LogP contribution is -2.13. The van der Waals surface area contributed by atoms with Gasteiger partial charge >= 0.3 is 0 Å². The molecule has 0 bridgehead atoms. The van der Waals surface area contributed by atoms with Gasteiger partial charge < -0.3 is 5.11 Å². The molecule has 0 saturated carbocycles. The van der Waals surface area contributed by atoms with E-state index in [-0.39, 0.29) is 0 Å². The minimum absolute atomic E-state index is 0.356. The molecule has 25 heavy (non-hydrogen) atoms. The number of hydrogen-bond acceptors (Lipinski definition) is 5. The minimum Gasteiger partial charge on any atom is -0.385 e. The smallest absolute Gasteiger partial charge is 0.172 e. The van der Waals surface area contributed by atoms with Crippen LogP contribution in [0.5, 0.6) is 0 Å². The molecule has 0 saturated heterocycles. The molecule has 0 fully saturated rings. The number of hydrogen-bond donors (Lipinski definition) is 1. The second kappa shape index (κ2) is 7.76. The Morgan fingerprint density at radius 1 is 1.16 bits per heavy atom. The lowest BCUT2D eigenvalue weighted by Gasteiger charge is -2.13. The molecule has 1 atom stereocenters. The number of aliphatic hydroxyl groups excluding tert-OH is 1. The molecule has 7 nitrogen and oxygen atoms in total. The summed E-state index contributed by atoms with van der Waals surface area (Å²) in [6.45, 7) is 5.07. The normalized spacial score (nSPS) is 12.7. The molecule has 3 aromatic rings. The fourth-order valence-corrected chi connectivity index (χ4v) is 2.73. The summed E-state index contributed by atoms with van der Waals surface area (Å²) >= 11 is 5.95. The monoisotopic (exact) mass is 360 g/mol. The Labute approximate surface area is 151 Å². The first-order chi connectivity index (χ1) is 12.0. The van der Waals surface area contributed by atoms with Crippen molar-refractivity contribution in [2.75, 3.05) is 0 Å². The van der Waals surface area contributed by atoms with E-state index in [1.165, 1.54) is 6.33 Å². The zero-order valence-electron chi connectivity index (χ0n) is 14.2. The van der Waals surface area contributed by atoms with E-state index in [1.54, 1.807) is 15.7 Å². The molecule has 0 spiro atoms. The van der Waals surface area contributed by atoms with Crippen LogP contribution in [0.4, 0.5) is 0 Å². The van der Waals surface area contributed by atoms with Crippen molar-refractivity contribution in [3.63, 3.8) is 0 Å². The van der Waals surface area contributed by atoms with Crippen molar-refractivity contribution in [2.24, 2.45) is 5.92 Å². The average molecular weight is 361 g/mol. The fraction of sp³-hybridized carbons (Fsp3) is 0.412. The van der Waals surface area contributed by atoms with Crippen LogP contribution in [0.2, 0.25) is 5.02 Å². The molecule has 132 valence electrons. The second-order valence-electron chi connectivity index (χ2n) is 6.41. The number of nitrogens with zero attached hydrogens (tertiary/aromatic N) is 6. The summed E-state index contributed by atoms with van der Waals surface area (Å²) in [4.78, 5) is 8.46. The van der Waals surface area contributed by atoms with Crippen LogP contribution in [0.1, 0.15) is 43.6 Å². The Morgan fingerprint density at radius 2 is 1.92 bits per heavy atom. The van der Waals surface area contributed by atoms with E-state index in [0.717, 1.165) is 5.56 Å². The highest BCUT2D eigenvalue weighted by Crippen LogP contribution is 2.21. The lowest BCUT2D eigenvalue weighted by molar-refractivity contribution is 0.136. The predicted molar refractivity (Wildman–Crippen MR) is 94.1 cm³/mol. The van der Waals surface area contributed by atoms with Crippen molar-refractivity contribution >= 4 is 11.6 Å². The van der Waals surface area contributed by atoms with Gasteiger partial charge in [0.05, 0.1) is 6.54 Å². The van der Waals surface area contributed by atoms with Gasteiger partial charge in [-0.1, -0.05) is 37.6 Å². The van der Waals surface area contributed by atoms with Gasteiger partial charge in [0, 0.05) is 5.02 Å². The molecule has 1 aromatic carbocycles. The van der Waals surface area contributed by atoms with Gasteiger partial charge in [-0.15, -0.1) is 0 Å². The summed E-state index contributed by atoms with van der Waals surface area (Å²) in [7, 11) is 0. The van der Waals surface area contributed by atoms with Crippen LogP contribution in [0.25, 0.3) is 0 Å². The number of benzene rings is 1. The van der Waals surface area contributed by atoms with Gasteiger partial charge in [0.15, 0.2) is 11.6 Å².